The van der Waals surface area contributed by atoms with E-state index in [1.807, 2.05) is 30.3 Å². The fraction of sp³-hybridized carbons (Fsp3) is 0.444. The Morgan fingerprint density at radius 3 is 2.92 bits per heavy atom. The summed E-state index contributed by atoms with van der Waals surface area (Å²) in [7, 11) is 1.56. The molecule has 1 fully saturated rings. The summed E-state index contributed by atoms with van der Waals surface area (Å²) in [6, 6.07) is 9.62. The van der Waals surface area contributed by atoms with Crippen LogP contribution in [0, 0.1) is 5.92 Å². The van der Waals surface area contributed by atoms with Crippen molar-refractivity contribution in [1.82, 2.24) is 10.3 Å². The number of nitrogens with one attached hydrogen (secondary N) is 1. The average Bonchev–Trinajstić information content (AvgIpc) is 3.10. The lowest BCUT2D eigenvalue weighted by molar-refractivity contribution is -0.130. The summed E-state index contributed by atoms with van der Waals surface area (Å²) in [5, 5.41) is 12.7. The van der Waals surface area contributed by atoms with Gasteiger partial charge in [-0.25, -0.2) is 4.98 Å². The van der Waals surface area contributed by atoms with Gasteiger partial charge in [0, 0.05) is 18.6 Å². The molecule has 1 saturated carbocycles. The zero-order chi connectivity index (χ0) is 16.9. The first-order valence-corrected chi connectivity index (χ1v) is 8.15. The van der Waals surface area contributed by atoms with E-state index >= 15 is 0 Å². The first kappa shape index (κ1) is 16.7. The van der Waals surface area contributed by atoms with Crippen LogP contribution < -0.4 is 5.32 Å². The van der Waals surface area contributed by atoms with Crippen molar-refractivity contribution in [2.75, 3.05) is 7.11 Å². The van der Waals surface area contributed by atoms with Crippen LogP contribution in [-0.2, 0) is 16.1 Å². The molecule has 6 nitrogen and oxygen atoms in total. The lowest BCUT2D eigenvalue weighted by Gasteiger charge is -2.31. The highest BCUT2D eigenvalue weighted by Gasteiger charge is 2.32. The van der Waals surface area contributed by atoms with Crippen molar-refractivity contribution in [3.8, 4) is 11.5 Å². The molecule has 1 aromatic carbocycles. The van der Waals surface area contributed by atoms with Crippen LogP contribution in [0.3, 0.4) is 0 Å². The highest BCUT2D eigenvalue weighted by Crippen LogP contribution is 2.26. The second kappa shape index (κ2) is 7.59. The fourth-order valence-corrected chi connectivity index (χ4v) is 3.03. The van der Waals surface area contributed by atoms with Crippen LogP contribution in [0.4, 0.5) is 0 Å². The second-order valence-electron chi connectivity index (χ2n) is 6.08. The van der Waals surface area contributed by atoms with Crippen molar-refractivity contribution in [2.24, 2.45) is 5.92 Å². The third-order valence-electron chi connectivity index (χ3n) is 4.45. The highest BCUT2D eigenvalue weighted by molar-refractivity contribution is 5.78. The van der Waals surface area contributed by atoms with Crippen molar-refractivity contribution in [3.05, 3.63) is 42.3 Å². The quantitative estimate of drug-likeness (QED) is 0.877. The third kappa shape index (κ3) is 3.83. The Hall–Kier alpha value is -2.18. The van der Waals surface area contributed by atoms with Crippen LogP contribution in [0.25, 0.3) is 11.5 Å². The topological polar surface area (TPSA) is 84.6 Å². The first-order chi connectivity index (χ1) is 11.7. The Bertz CT molecular complexity index is 671. The molecular weight excluding hydrogens is 308 g/mol. The molecule has 1 aromatic heterocycles. The van der Waals surface area contributed by atoms with Crippen molar-refractivity contribution < 1.29 is 19.1 Å². The van der Waals surface area contributed by atoms with Gasteiger partial charge in [0.25, 0.3) is 0 Å². The van der Waals surface area contributed by atoms with Gasteiger partial charge in [-0.1, -0.05) is 18.2 Å². The SMILES string of the molecule is COC1CC(C(=O)NCc2coc(-c3ccccc3)n2)CCC1O. The summed E-state index contributed by atoms with van der Waals surface area (Å²) in [6.07, 6.45) is 2.59. The number of hydrogen-bond donors (Lipinski definition) is 2. The third-order valence-corrected chi connectivity index (χ3v) is 4.45. The van der Waals surface area contributed by atoms with E-state index in [1.54, 1.807) is 13.4 Å². The summed E-state index contributed by atoms with van der Waals surface area (Å²) in [5.74, 6) is 0.368. The largest absolute Gasteiger partial charge is 0.444 e. The van der Waals surface area contributed by atoms with Crippen LogP contribution in [0.5, 0.6) is 0 Å². The normalized spacial score (nSPS) is 23.8. The van der Waals surface area contributed by atoms with Crippen LogP contribution in [-0.4, -0.2) is 35.3 Å². The summed E-state index contributed by atoms with van der Waals surface area (Å²) >= 11 is 0. The number of aliphatic hydroxyl groups excluding tert-OH is 1. The van der Waals surface area contributed by atoms with Gasteiger partial charge in [-0.15, -0.1) is 0 Å². The molecule has 1 aliphatic rings. The molecule has 0 spiro atoms. The van der Waals surface area contributed by atoms with Crippen LogP contribution in [0.15, 0.2) is 41.0 Å². The van der Waals surface area contributed by atoms with E-state index in [1.165, 1.54) is 0 Å². The number of ether oxygens (including phenoxy) is 1. The number of rotatable bonds is 5. The van der Waals surface area contributed by atoms with Crippen LogP contribution in [0.1, 0.15) is 25.0 Å². The van der Waals surface area contributed by atoms with Gasteiger partial charge in [-0.05, 0) is 31.4 Å². The molecule has 1 amide bonds. The number of oxazole rings is 1. The van der Waals surface area contributed by atoms with Crippen molar-refractivity contribution in [2.45, 2.75) is 38.0 Å². The summed E-state index contributed by atoms with van der Waals surface area (Å²) in [4.78, 5) is 16.7. The molecule has 2 aromatic rings. The molecule has 6 heteroatoms. The van der Waals surface area contributed by atoms with E-state index in [0.29, 0.717) is 37.4 Å². The summed E-state index contributed by atoms with van der Waals surface area (Å²) in [6.45, 7) is 0.325. The zero-order valence-corrected chi connectivity index (χ0v) is 13.6. The second-order valence-corrected chi connectivity index (χ2v) is 6.08. The minimum absolute atomic E-state index is 0.0341. The maximum absolute atomic E-state index is 12.3. The fourth-order valence-electron chi connectivity index (χ4n) is 3.03. The number of methoxy groups -OCH3 is 1. The van der Waals surface area contributed by atoms with Crippen molar-refractivity contribution in [3.63, 3.8) is 0 Å². The Balaban J connectivity index is 1.54. The maximum Gasteiger partial charge on any atom is 0.226 e. The summed E-state index contributed by atoms with van der Waals surface area (Å²) in [5.41, 5.74) is 1.58. The molecule has 2 N–H and O–H groups in total. The number of aromatic nitrogens is 1. The molecule has 0 bridgehead atoms. The molecule has 1 aliphatic carbocycles. The van der Waals surface area contributed by atoms with E-state index in [0.717, 1.165) is 5.56 Å². The Morgan fingerprint density at radius 1 is 1.38 bits per heavy atom. The number of nitrogens with zero attached hydrogens (tertiary/aromatic N) is 1. The van der Waals surface area contributed by atoms with E-state index in [2.05, 4.69) is 10.3 Å². The predicted molar refractivity (Wildman–Crippen MR) is 87.9 cm³/mol. The van der Waals surface area contributed by atoms with Crippen LogP contribution in [0.2, 0.25) is 0 Å². The lowest BCUT2D eigenvalue weighted by Crippen LogP contribution is -2.41. The minimum atomic E-state index is -0.483. The van der Waals surface area contributed by atoms with Gasteiger partial charge in [-0.3, -0.25) is 4.79 Å². The molecule has 3 atom stereocenters. The molecule has 128 valence electrons. The summed E-state index contributed by atoms with van der Waals surface area (Å²) < 4.78 is 10.7. The number of carbonyl (C=O) groups is 1. The molecule has 0 radical (unpaired) electrons. The highest BCUT2D eigenvalue weighted by atomic mass is 16.5. The number of carbonyl (C=O) groups excluding carboxylic acids is 1. The monoisotopic (exact) mass is 330 g/mol. The van der Waals surface area contributed by atoms with E-state index in [4.69, 9.17) is 9.15 Å². The number of aliphatic hydroxyl groups is 1. The molecule has 3 unspecified atom stereocenters. The molecule has 3 rings (SSSR count). The van der Waals surface area contributed by atoms with Crippen molar-refractivity contribution in [1.29, 1.82) is 0 Å². The van der Waals surface area contributed by atoms with Gasteiger partial charge in [-0.2, -0.15) is 0 Å². The lowest BCUT2D eigenvalue weighted by atomic mass is 9.84. The zero-order valence-electron chi connectivity index (χ0n) is 13.6. The molecule has 0 aliphatic heterocycles. The van der Waals surface area contributed by atoms with E-state index < -0.39 is 6.10 Å². The average molecular weight is 330 g/mol. The number of amides is 1. The van der Waals surface area contributed by atoms with E-state index in [9.17, 15) is 9.90 Å². The van der Waals surface area contributed by atoms with Gasteiger partial charge in [0.2, 0.25) is 11.8 Å². The smallest absolute Gasteiger partial charge is 0.226 e. The Labute approximate surface area is 140 Å². The first-order valence-electron chi connectivity index (χ1n) is 8.15. The van der Waals surface area contributed by atoms with Crippen molar-refractivity contribution >= 4 is 5.91 Å². The minimum Gasteiger partial charge on any atom is -0.444 e. The predicted octanol–water partition coefficient (Wildman–Crippen LogP) is 2.13. The standard InChI is InChI=1S/C18H22N2O4/c1-23-16-9-13(7-8-15(16)21)17(22)19-10-14-11-24-18(20-14)12-5-3-2-4-6-12/h2-6,11,13,15-16,21H,7-10H2,1H3,(H,19,22). The maximum atomic E-state index is 12.3. The molecule has 1 heterocycles. The van der Waals surface area contributed by atoms with Gasteiger partial charge < -0.3 is 19.6 Å². The number of benzene rings is 1. The number of hydrogen-bond acceptors (Lipinski definition) is 5. The van der Waals surface area contributed by atoms with E-state index in [-0.39, 0.29) is 17.9 Å². The van der Waals surface area contributed by atoms with Gasteiger partial charge >= 0.3 is 0 Å². The van der Waals surface area contributed by atoms with Gasteiger partial charge in [0.1, 0.15) is 6.26 Å². The van der Waals surface area contributed by atoms with Gasteiger partial charge in [0.15, 0.2) is 0 Å². The molecule has 24 heavy (non-hydrogen) atoms. The van der Waals surface area contributed by atoms with Crippen LogP contribution >= 0.6 is 0 Å². The Kier molecular flexibility index (Phi) is 5.27. The molecule has 0 saturated heterocycles. The van der Waals surface area contributed by atoms with Gasteiger partial charge in [0.05, 0.1) is 24.4 Å². The molecular formula is C18H22N2O4. The Morgan fingerprint density at radius 2 is 2.17 bits per heavy atom.